The van der Waals surface area contributed by atoms with Gasteiger partial charge in [-0.3, -0.25) is 4.90 Å². The lowest BCUT2D eigenvalue weighted by Gasteiger charge is -2.61. The predicted octanol–water partition coefficient (Wildman–Crippen LogP) is 4.19. The fourth-order valence-electron chi connectivity index (χ4n) is 4.51. The lowest BCUT2D eigenvalue weighted by molar-refractivity contribution is -0.121. The number of hydrogen-bond acceptors (Lipinski definition) is 4. The SMILES string of the molecule is COCc1nc(CN2C[C@H]3CCCC[C@@]32c2ccccc2)cs1. The van der Waals surface area contributed by atoms with Gasteiger partial charge in [0.15, 0.2) is 0 Å². The molecule has 0 amide bonds. The van der Waals surface area contributed by atoms with E-state index in [0.29, 0.717) is 6.61 Å². The zero-order valence-electron chi connectivity index (χ0n) is 13.7. The van der Waals surface area contributed by atoms with E-state index in [1.807, 2.05) is 0 Å². The summed E-state index contributed by atoms with van der Waals surface area (Å²) in [5, 5.41) is 3.28. The van der Waals surface area contributed by atoms with E-state index >= 15 is 0 Å². The molecule has 2 aromatic rings. The van der Waals surface area contributed by atoms with Crippen LogP contribution in [0.4, 0.5) is 0 Å². The fourth-order valence-corrected chi connectivity index (χ4v) is 5.26. The molecule has 0 N–H and O–H groups in total. The molecule has 1 aromatic carbocycles. The normalized spacial score (nSPS) is 27.4. The van der Waals surface area contributed by atoms with E-state index in [1.54, 1.807) is 18.4 Å². The van der Waals surface area contributed by atoms with E-state index in [2.05, 4.69) is 40.6 Å². The number of ether oxygens (including phenoxy) is 1. The van der Waals surface area contributed by atoms with Crippen LogP contribution in [-0.4, -0.2) is 23.5 Å². The maximum Gasteiger partial charge on any atom is 0.119 e. The molecule has 122 valence electrons. The highest BCUT2D eigenvalue weighted by Gasteiger charge is 2.54. The molecule has 3 nitrogen and oxygen atoms in total. The summed E-state index contributed by atoms with van der Waals surface area (Å²) < 4.78 is 5.20. The highest BCUT2D eigenvalue weighted by atomic mass is 32.1. The van der Waals surface area contributed by atoms with Crippen molar-refractivity contribution in [1.82, 2.24) is 9.88 Å². The smallest absolute Gasteiger partial charge is 0.119 e. The molecular weight excluding hydrogens is 304 g/mol. The number of benzene rings is 1. The number of thiazole rings is 1. The number of methoxy groups -OCH3 is 1. The van der Waals surface area contributed by atoms with Crippen molar-refractivity contribution in [1.29, 1.82) is 0 Å². The summed E-state index contributed by atoms with van der Waals surface area (Å²) in [6.45, 7) is 2.80. The molecule has 2 aliphatic rings. The molecule has 1 aromatic heterocycles. The van der Waals surface area contributed by atoms with Crippen LogP contribution in [0.15, 0.2) is 35.7 Å². The standard InChI is InChI=1S/C19H24N2OS/c1-22-13-18-20-17(14-23-18)12-21-11-16-9-5-6-10-19(16,21)15-7-3-2-4-8-15/h2-4,7-8,14,16H,5-6,9-13H2,1H3/t16-,19-/m1/s1. The second-order valence-electron chi connectivity index (χ2n) is 6.78. The summed E-state index contributed by atoms with van der Waals surface area (Å²) in [5.41, 5.74) is 2.95. The van der Waals surface area contributed by atoms with E-state index in [0.717, 1.165) is 17.5 Å². The molecule has 0 spiro atoms. The van der Waals surface area contributed by atoms with Crippen molar-refractivity contribution in [2.24, 2.45) is 5.92 Å². The first-order valence-electron chi connectivity index (χ1n) is 8.56. The van der Waals surface area contributed by atoms with Gasteiger partial charge < -0.3 is 4.74 Å². The van der Waals surface area contributed by atoms with Gasteiger partial charge in [-0.2, -0.15) is 0 Å². The minimum absolute atomic E-state index is 0.255. The Bertz CT molecular complexity index is 656. The van der Waals surface area contributed by atoms with Gasteiger partial charge in [0.25, 0.3) is 0 Å². The third-order valence-corrected chi connectivity index (χ3v) is 6.41. The van der Waals surface area contributed by atoms with Gasteiger partial charge in [-0.15, -0.1) is 11.3 Å². The van der Waals surface area contributed by atoms with Crippen molar-refractivity contribution in [2.75, 3.05) is 13.7 Å². The van der Waals surface area contributed by atoms with Crippen LogP contribution in [0.1, 0.15) is 41.9 Å². The van der Waals surface area contributed by atoms with Crippen molar-refractivity contribution in [3.8, 4) is 0 Å². The van der Waals surface area contributed by atoms with Crippen molar-refractivity contribution in [2.45, 2.75) is 44.4 Å². The van der Waals surface area contributed by atoms with Crippen LogP contribution in [0.5, 0.6) is 0 Å². The van der Waals surface area contributed by atoms with Crippen LogP contribution in [0.2, 0.25) is 0 Å². The largest absolute Gasteiger partial charge is 0.378 e. The topological polar surface area (TPSA) is 25.4 Å². The number of rotatable bonds is 5. The molecular formula is C19H24N2OS. The molecule has 1 aliphatic carbocycles. The highest BCUT2D eigenvalue weighted by Crippen LogP contribution is 2.54. The van der Waals surface area contributed by atoms with Crippen LogP contribution in [0, 0.1) is 5.92 Å². The number of nitrogens with zero attached hydrogens (tertiary/aromatic N) is 2. The monoisotopic (exact) mass is 328 g/mol. The van der Waals surface area contributed by atoms with Gasteiger partial charge in [0.1, 0.15) is 5.01 Å². The van der Waals surface area contributed by atoms with Gasteiger partial charge in [-0.05, 0) is 24.3 Å². The van der Waals surface area contributed by atoms with E-state index < -0.39 is 0 Å². The highest BCUT2D eigenvalue weighted by molar-refractivity contribution is 7.09. The van der Waals surface area contributed by atoms with Crippen molar-refractivity contribution in [3.63, 3.8) is 0 Å². The Morgan fingerprint density at radius 1 is 1.30 bits per heavy atom. The zero-order valence-corrected chi connectivity index (χ0v) is 14.5. The quantitative estimate of drug-likeness (QED) is 0.823. The fraction of sp³-hybridized carbons (Fsp3) is 0.526. The molecule has 1 aliphatic heterocycles. The summed E-state index contributed by atoms with van der Waals surface area (Å²) in [6.07, 6.45) is 5.39. The Balaban J connectivity index is 1.58. The van der Waals surface area contributed by atoms with E-state index in [-0.39, 0.29) is 5.54 Å². The first-order chi connectivity index (χ1) is 11.3. The maximum absolute atomic E-state index is 5.20. The molecule has 2 fully saturated rings. The third-order valence-electron chi connectivity index (χ3n) is 5.53. The number of hydrogen-bond donors (Lipinski definition) is 0. The molecule has 4 rings (SSSR count). The summed E-state index contributed by atoms with van der Waals surface area (Å²) in [7, 11) is 1.73. The minimum atomic E-state index is 0.255. The van der Waals surface area contributed by atoms with Crippen LogP contribution in [0.25, 0.3) is 0 Å². The maximum atomic E-state index is 5.20. The average molecular weight is 328 g/mol. The Morgan fingerprint density at radius 2 is 2.17 bits per heavy atom. The summed E-state index contributed by atoms with van der Waals surface area (Å²) in [6, 6.07) is 11.1. The molecule has 2 atom stereocenters. The van der Waals surface area contributed by atoms with Gasteiger partial charge in [-0.1, -0.05) is 43.2 Å². The van der Waals surface area contributed by atoms with Crippen molar-refractivity contribution >= 4 is 11.3 Å². The Kier molecular flexibility index (Phi) is 4.22. The van der Waals surface area contributed by atoms with Gasteiger partial charge in [0.2, 0.25) is 0 Å². The molecule has 1 saturated carbocycles. The van der Waals surface area contributed by atoms with Gasteiger partial charge >= 0.3 is 0 Å². The Hall–Kier alpha value is -1.23. The molecule has 0 unspecified atom stereocenters. The predicted molar refractivity (Wildman–Crippen MR) is 93.3 cm³/mol. The van der Waals surface area contributed by atoms with E-state index in [9.17, 15) is 0 Å². The summed E-state index contributed by atoms with van der Waals surface area (Å²) >= 11 is 1.71. The number of fused-ring (bicyclic) bond motifs is 1. The molecule has 2 heterocycles. The Labute approximate surface area is 142 Å². The zero-order chi connectivity index (χ0) is 15.7. The molecule has 0 radical (unpaired) electrons. The second kappa shape index (κ2) is 6.34. The van der Waals surface area contributed by atoms with Gasteiger partial charge in [-0.25, -0.2) is 4.98 Å². The molecule has 0 bridgehead atoms. The Morgan fingerprint density at radius 3 is 2.96 bits per heavy atom. The average Bonchev–Trinajstić information content (AvgIpc) is 3.01. The summed E-state index contributed by atoms with van der Waals surface area (Å²) in [5.74, 6) is 0.815. The van der Waals surface area contributed by atoms with Crippen molar-refractivity contribution < 1.29 is 4.74 Å². The van der Waals surface area contributed by atoms with Crippen LogP contribution >= 0.6 is 11.3 Å². The lowest BCUT2D eigenvalue weighted by atomic mass is 9.61. The first kappa shape index (κ1) is 15.3. The van der Waals surface area contributed by atoms with Crippen LogP contribution in [-0.2, 0) is 23.4 Å². The minimum Gasteiger partial charge on any atom is -0.378 e. The van der Waals surface area contributed by atoms with Gasteiger partial charge in [0.05, 0.1) is 17.8 Å². The molecule has 1 saturated heterocycles. The molecule has 4 heteroatoms. The van der Waals surface area contributed by atoms with Gasteiger partial charge in [0, 0.05) is 25.6 Å². The van der Waals surface area contributed by atoms with Crippen LogP contribution < -0.4 is 0 Å². The lowest BCUT2D eigenvalue weighted by Crippen LogP contribution is -2.65. The van der Waals surface area contributed by atoms with E-state index in [4.69, 9.17) is 9.72 Å². The van der Waals surface area contributed by atoms with Crippen LogP contribution in [0.3, 0.4) is 0 Å². The first-order valence-corrected chi connectivity index (χ1v) is 9.43. The second-order valence-corrected chi connectivity index (χ2v) is 7.72. The van der Waals surface area contributed by atoms with Crippen molar-refractivity contribution in [3.05, 3.63) is 52.0 Å². The number of aromatic nitrogens is 1. The number of likely N-dealkylation sites (tertiary alicyclic amines) is 1. The molecule has 23 heavy (non-hydrogen) atoms. The third kappa shape index (κ3) is 2.63. The summed E-state index contributed by atoms with van der Waals surface area (Å²) in [4.78, 5) is 7.40. The van der Waals surface area contributed by atoms with E-state index in [1.165, 1.54) is 43.5 Å².